The number of hydrogen-bond acceptors (Lipinski definition) is 6. The smallest absolute Gasteiger partial charge is 0.155 e. The maximum absolute atomic E-state index is 10.0. The molecule has 0 aliphatic rings. The molecule has 2 heterocycles. The van der Waals surface area contributed by atoms with Gasteiger partial charge in [-0.05, 0) is 36.4 Å². The molecule has 4 aromatic rings. The Hall–Kier alpha value is -1.48. The van der Waals surface area contributed by atoms with Crippen LogP contribution in [0.3, 0.4) is 0 Å². The Balaban J connectivity index is 1.81. The molecule has 24 heavy (non-hydrogen) atoms. The molecule has 0 bridgehead atoms. The summed E-state index contributed by atoms with van der Waals surface area (Å²) in [6.07, 6.45) is 0. The van der Waals surface area contributed by atoms with Gasteiger partial charge in [0.25, 0.3) is 0 Å². The molecule has 4 nitrogen and oxygen atoms in total. The van der Waals surface area contributed by atoms with Crippen molar-refractivity contribution >= 4 is 64.2 Å². The summed E-state index contributed by atoms with van der Waals surface area (Å²) < 4.78 is 1.75. The van der Waals surface area contributed by atoms with E-state index in [2.05, 4.69) is 41.8 Å². The van der Waals surface area contributed by atoms with Crippen LogP contribution in [0, 0.1) is 0 Å². The van der Waals surface area contributed by atoms with Gasteiger partial charge in [-0.15, -0.1) is 0 Å². The van der Waals surface area contributed by atoms with E-state index < -0.39 is 0 Å². The van der Waals surface area contributed by atoms with Crippen molar-refractivity contribution in [1.29, 1.82) is 0 Å². The van der Waals surface area contributed by atoms with E-state index in [-0.39, 0.29) is 11.5 Å². The number of aromatic hydroxyl groups is 2. The van der Waals surface area contributed by atoms with Crippen LogP contribution in [0.5, 0.6) is 11.5 Å². The number of fused-ring (bicyclic) bond motifs is 1. The van der Waals surface area contributed by atoms with Crippen molar-refractivity contribution in [3.05, 3.63) is 45.3 Å². The van der Waals surface area contributed by atoms with Crippen molar-refractivity contribution in [2.45, 2.75) is 0 Å². The van der Waals surface area contributed by atoms with Gasteiger partial charge in [-0.3, -0.25) is 0 Å². The molecule has 0 saturated carbocycles. The van der Waals surface area contributed by atoms with Crippen LogP contribution in [0.25, 0.3) is 30.8 Å². The monoisotopic (exact) mass is 482 g/mol. The third kappa shape index (κ3) is 2.83. The lowest BCUT2D eigenvalue weighted by molar-refractivity contribution is 0.476. The topological polar surface area (TPSA) is 66.2 Å². The summed E-state index contributed by atoms with van der Waals surface area (Å²) >= 11 is 9.64. The second-order valence-electron chi connectivity index (χ2n) is 4.97. The lowest BCUT2D eigenvalue weighted by atomic mass is 10.2. The van der Waals surface area contributed by atoms with Crippen LogP contribution in [-0.2, 0) is 0 Å². The highest BCUT2D eigenvalue weighted by atomic mass is 79.9. The molecule has 0 radical (unpaired) electrons. The fourth-order valence-electron chi connectivity index (χ4n) is 2.23. The van der Waals surface area contributed by atoms with E-state index in [0.29, 0.717) is 21.1 Å². The minimum atomic E-state index is 0.185. The van der Waals surface area contributed by atoms with Gasteiger partial charge in [-0.2, -0.15) is 0 Å². The second kappa shape index (κ2) is 6.11. The first-order chi connectivity index (χ1) is 11.5. The number of aromatic nitrogens is 2. The van der Waals surface area contributed by atoms with E-state index in [1.807, 2.05) is 12.1 Å². The molecule has 120 valence electrons. The van der Waals surface area contributed by atoms with Gasteiger partial charge in [0.2, 0.25) is 0 Å². The van der Waals surface area contributed by atoms with Gasteiger partial charge in [0.05, 0.1) is 11.1 Å². The zero-order valence-electron chi connectivity index (χ0n) is 11.8. The number of halogens is 2. The first-order valence-corrected chi connectivity index (χ1v) is 9.98. The molecule has 0 atom stereocenters. The molecule has 0 unspecified atom stereocenters. The highest BCUT2D eigenvalue weighted by Crippen LogP contribution is 2.41. The number of phenolic OH excluding ortho intramolecular Hbond substituents is 2. The van der Waals surface area contributed by atoms with Gasteiger partial charge in [-0.1, -0.05) is 54.5 Å². The van der Waals surface area contributed by atoms with E-state index in [1.54, 1.807) is 24.3 Å². The van der Waals surface area contributed by atoms with Gasteiger partial charge in [-0.25, -0.2) is 9.97 Å². The van der Waals surface area contributed by atoms with Crippen LogP contribution < -0.4 is 0 Å². The Bertz CT molecular complexity index is 963. The van der Waals surface area contributed by atoms with E-state index in [0.717, 1.165) is 18.6 Å². The van der Waals surface area contributed by atoms with Gasteiger partial charge in [0.1, 0.15) is 21.5 Å². The standard InChI is InChI=1S/C16H8Br2N2O2S2/c17-7-1-3-11(21)9(5-7)13-19-15-16(23-13)20-14(24-15)10-6-8(18)2-4-12(10)22/h1-6,21-22H. The van der Waals surface area contributed by atoms with Crippen LogP contribution in [-0.4, -0.2) is 20.2 Å². The number of phenols is 2. The molecule has 8 heteroatoms. The van der Waals surface area contributed by atoms with Crippen LogP contribution in [0.4, 0.5) is 0 Å². The highest BCUT2D eigenvalue weighted by Gasteiger charge is 2.17. The zero-order chi connectivity index (χ0) is 16.8. The average Bonchev–Trinajstić information content (AvgIpc) is 3.10. The minimum absolute atomic E-state index is 0.185. The van der Waals surface area contributed by atoms with Crippen LogP contribution >= 0.6 is 54.5 Å². The number of nitrogens with zero attached hydrogens (tertiary/aromatic N) is 2. The molecular weight excluding hydrogens is 476 g/mol. The van der Waals surface area contributed by atoms with Crippen LogP contribution in [0.1, 0.15) is 0 Å². The van der Waals surface area contributed by atoms with Gasteiger partial charge >= 0.3 is 0 Å². The number of hydrogen-bond donors (Lipinski definition) is 2. The Kier molecular flexibility index (Phi) is 4.07. The van der Waals surface area contributed by atoms with E-state index >= 15 is 0 Å². The van der Waals surface area contributed by atoms with Crippen molar-refractivity contribution in [2.24, 2.45) is 0 Å². The Morgan fingerprint density at radius 3 is 1.54 bits per heavy atom. The van der Waals surface area contributed by atoms with Crippen molar-refractivity contribution in [2.75, 3.05) is 0 Å². The summed E-state index contributed by atoms with van der Waals surface area (Å²) in [6, 6.07) is 10.5. The molecule has 0 spiro atoms. The maximum Gasteiger partial charge on any atom is 0.155 e. The van der Waals surface area contributed by atoms with E-state index in [1.165, 1.54) is 22.7 Å². The highest BCUT2D eigenvalue weighted by molar-refractivity contribution is 9.10. The predicted molar refractivity (Wildman–Crippen MR) is 105 cm³/mol. The summed E-state index contributed by atoms with van der Waals surface area (Å²) in [5, 5.41) is 21.5. The molecule has 2 N–H and O–H groups in total. The molecule has 4 rings (SSSR count). The maximum atomic E-state index is 10.0. The molecule has 0 aliphatic carbocycles. The fraction of sp³-hybridized carbons (Fsp3) is 0. The predicted octanol–water partition coefficient (Wildman–Crippen LogP) is 6.02. The molecule has 2 aromatic carbocycles. The van der Waals surface area contributed by atoms with Crippen molar-refractivity contribution in [3.63, 3.8) is 0 Å². The first-order valence-electron chi connectivity index (χ1n) is 6.76. The SMILES string of the molecule is Oc1ccc(Br)cc1-c1nc2sc(-c3cc(Br)ccc3O)nc2s1. The zero-order valence-corrected chi connectivity index (χ0v) is 16.6. The molecular formula is C16H8Br2N2O2S2. The summed E-state index contributed by atoms with van der Waals surface area (Å²) in [5.41, 5.74) is 1.35. The molecule has 2 aromatic heterocycles. The number of thiazole rings is 2. The number of benzene rings is 2. The molecule has 0 fully saturated rings. The third-order valence-electron chi connectivity index (χ3n) is 3.35. The Labute approximate surface area is 161 Å². The second-order valence-corrected chi connectivity index (χ2v) is 8.76. The average molecular weight is 484 g/mol. The quantitative estimate of drug-likeness (QED) is 0.365. The van der Waals surface area contributed by atoms with E-state index in [4.69, 9.17) is 0 Å². The lowest BCUT2D eigenvalue weighted by Gasteiger charge is -2.01. The molecule has 0 aliphatic heterocycles. The van der Waals surface area contributed by atoms with Crippen molar-refractivity contribution in [1.82, 2.24) is 9.97 Å². The van der Waals surface area contributed by atoms with Crippen molar-refractivity contribution in [3.8, 4) is 32.6 Å². The number of rotatable bonds is 2. The fourth-order valence-corrected chi connectivity index (χ4v) is 5.05. The van der Waals surface area contributed by atoms with Crippen LogP contribution in [0.2, 0.25) is 0 Å². The Morgan fingerprint density at radius 1 is 0.708 bits per heavy atom. The molecule has 0 amide bonds. The Morgan fingerprint density at radius 2 is 1.12 bits per heavy atom. The summed E-state index contributed by atoms with van der Waals surface area (Å²) in [7, 11) is 0. The van der Waals surface area contributed by atoms with E-state index in [9.17, 15) is 10.2 Å². The minimum Gasteiger partial charge on any atom is -0.507 e. The summed E-state index contributed by atoms with van der Waals surface area (Å²) in [4.78, 5) is 10.7. The largest absolute Gasteiger partial charge is 0.507 e. The van der Waals surface area contributed by atoms with Gasteiger partial charge in [0.15, 0.2) is 9.66 Å². The third-order valence-corrected chi connectivity index (χ3v) is 6.43. The van der Waals surface area contributed by atoms with Crippen LogP contribution in [0.15, 0.2) is 45.3 Å². The lowest BCUT2D eigenvalue weighted by Crippen LogP contribution is -1.79. The summed E-state index contributed by atoms with van der Waals surface area (Å²) in [6.45, 7) is 0. The first kappa shape index (κ1) is 16.0. The summed E-state index contributed by atoms with van der Waals surface area (Å²) in [5.74, 6) is 0.369. The normalized spacial score (nSPS) is 11.2. The van der Waals surface area contributed by atoms with Crippen molar-refractivity contribution < 1.29 is 10.2 Å². The van der Waals surface area contributed by atoms with Gasteiger partial charge < -0.3 is 10.2 Å². The van der Waals surface area contributed by atoms with Gasteiger partial charge in [0, 0.05) is 8.95 Å². The molecule has 0 saturated heterocycles.